The second-order valence-corrected chi connectivity index (χ2v) is 6.47. The Hall–Kier alpha value is -1.28. The molecule has 1 aliphatic rings. The Morgan fingerprint density at radius 3 is 2.79 bits per heavy atom. The first-order chi connectivity index (χ1) is 9.04. The summed E-state index contributed by atoms with van der Waals surface area (Å²) in [4.78, 5) is 6.25. The fourth-order valence-electron chi connectivity index (χ4n) is 3.40. The van der Waals surface area contributed by atoms with Crippen LogP contribution in [-0.2, 0) is 13.0 Å². The predicted octanol–water partition coefficient (Wildman–Crippen LogP) is 3.80. The van der Waals surface area contributed by atoms with E-state index < -0.39 is 0 Å². The molecule has 1 aromatic carbocycles. The summed E-state index contributed by atoms with van der Waals surface area (Å²) in [5.74, 6) is 0.746. The molecule has 1 aromatic heterocycles. The topological polar surface area (TPSA) is 19.0 Å². The van der Waals surface area contributed by atoms with Crippen molar-refractivity contribution in [3.05, 3.63) is 34.5 Å². The highest BCUT2D eigenvalue weighted by Gasteiger charge is 2.21. The Bertz CT molecular complexity index is 607. The van der Waals surface area contributed by atoms with Gasteiger partial charge in [-0.15, -0.1) is 0 Å². The molecule has 0 aliphatic carbocycles. The molecule has 1 aliphatic heterocycles. The van der Waals surface area contributed by atoms with Gasteiger partial charge in [0, 0.05) is 42.7 Å². The van der Waals surface area contributed by atoms with E-state index in [1.165, 1.54) is 46.4 Å². The molecular formula is C17H24N2. The summed E-state index contributed by atoms with van der Waals surface area (Å²) in [7, 11) is 0. The Morgan fingerprint density at radius 2 is 2.05 bits per heavy atom. The van der Waals surface area contributed by atoms with Crippen LogP contribution in [0.5, 0.6) is 0 Å². The highest BCUT2D eigenvalue weighted by molar-refractivity contribution is 5.88. The van der Waals surface area contributed by atoms with Gasteiger partial charge < -0.3 is 4.98 Å². The third kappa shape index (κ3) is 2.30. The van der Waals surface area contributed by atoms with Crippen LogP contribution in [0, 0.1) is 19.8 Å². The zero-order chi connectivity index (χ0) is 13.6. The molecule has 0 saturated heterocycles. The van der Waals surface area contributed by atoms with Crippen LogP contribution in [0.15, 0.2) is 12.1 Å². The van der Waals surface area contributed by atoms with Crippen LogP contribution in [0.2, 0.25) is 0 Å². The van der Waals surface area contributed by atoms with Crippen molar-refractivity contribution < 1.29 is 0 Å². The Labute approximate surface area is 115 Å². The fourth-order valence-corrected chi connectivity index (χ4v) is 3.40. The quantitative estimate of drug-likeness (QED) is 0.866. The first kappa shape index (κ1) is 12.7. The smallest absolute Gasteiger partial charge is 0.0489 e. The molecule has 0 saturated carbocycles. The van der Waals surface area contributed by atoms with E-state index in [2.05, 4.69) is 49.7 Å². The molecule has 102 valence electrons. The molecule has 1 N–H and O–H groups in total. The van der Waals surface area contributed by atoms with Crippen molar-refractivity contribution in [3.63, 3.8) is 0 Å². The van der Waals surface area contributed by atoms with Crippen LogP contribution in [0.1, 0.15) is 36.2 Å². The van der Waals surface area contributed by atoms with Gasteiger partial charge in [-0.05, 0) is 37.0 Å². The maximum Gasteiger partial charge on any atom is 0.0489 e. The summed E-state index contributed by atoms with van der Waals surface area (Å²) in [5, 5.41) is 1.45. The van der Waals surface area contributed by atoms with Gasteiger partial charge in [-0.1, -0.05) is 25.5 Å². The van der Waals surface area contributed by atoms with E-state index in [1.54, 1.807) is 0 Å². The highest BCUT2D eigenvalue weighted by Crippen LogP contribution is 2.30. The average molecular weight is 256 g/mol. The number of benzene rings is 1. The molecule has 0 amide bonds. The van der Waals surface area contributed by atoms with E-state index in [0.717, 1.165) is 18.9 Å². The number of fused-ring (bicyclic) bond motifs is 3. The molecule has 0 radical (unpaired) electrons. The van der Waals surface area contributed by atoms with Gasteiger partial charge in [-0.25, -0.2) is 0 Å². The Kier molecular flexibility index (Phi) is 3.14. The van der Waals surface area contributed by atoms with Gasteiger partial charge in [0.05, 0.1) is 0 Å². The molecule has 19 heavy (non-hydrogen) atoms. The van der Waals surface area contributed by atoms with Crippen molar-refractivity contribution >= 4 is 10.9 Å². The lowest BCUT2D eigenvalue weighted by Crippen LogP contribution is -2.33. The van der Waals surface area contributed by atoms with E-state index in [4.69, 9.17) is 0 Å². The maximum atomic E-state index is 3.66. The molecule has 0 atom stereocenters. The number of hydrogen-bond donors (Lipinski definition) is 1. The van der Waals surface area contributed by atoms with Crippen molar-refractivity contribution in [2.45, 2.75) is 40.7 Å². The number of aromatic nitrogens is 1. The first-order valence-corrected chi connectivity index (χ1v) is 7.37. The van der Waals surface area contributed by atoms with E-state index in [-0.39, 0.29) is 0 Å². The first-order valence-electron chi connectivity index (χ1n) is 7.37. The van der Waals surface area contributed by atoms with Crippen molar-refractivity contribution in [2.75, 3.05) is 13.1 Å². The molecule has 0 spiro atoms. The van der Waals surface area contributed by atoms with Crippen molar-refractivity contribution in [2.24, 2.45) is 5.92 Å². The van der Waals surface area contributed by atoms with E-state index in [9.17, 15) is 0 Å². The van der Waals surface area contributed by atoms with Crippen LogP contribution in [0.4, 0.5) is 0 Å². The molecule has 0 unspecified atom stereocenters. The van der Waals surface area contributed by atoms with E-state index >= 15 is 0 Å². The number of aromatic amines is 1. The summed E-state index contributed by atoms with van der Waals surface area (Å²) >= 11 is 0. The summed E-state index contributed by atoms with van der Waals surface area (Å²) in [6.45, 7) is 12.5. The van der Waals surface area contributed by atoms with Crippen LogP contribution in [0.3, 0.4) is 0 Å². The minimum absolute atomic E-state index is 0.746. The van der Waals surface area contributed by atoms with Crippen LogP contribution in [-0.4, -0.2) is 23.0 Å². The molecule has 2 aromatic rings. The Morgan fingerprint density at radius 1 is 1.26 bits per heavy atom. The van der Waals surface area contributed by atoms with Crippen LogP contribution < -0.4 is 0 Å². The zero-order valence-corrected chi connectivity index (χ0v) is 12.5. The molecule has 2 nitrogen and oxygen atoms in total. The van der Waals surface area contributed by atoms with Gasteiger partial charge in [0.15, 0.2) is 0 Å². The SMILES string of the molecule is Cc1cc(C)c2[nH]c3c(c2c1)CN(CC(C)C)CC3. The van der Waals surface area contributed by atoms with Gasteiger partial charge in [-0.3, -0.25) is 4.90 Å². The van der Waals surface area contributed by atoms with Crippen LogP contribution >= 0.6 is 0 Å². The lowest BCUT2D eigenvalue weighted by molar-refractivity contribution is 0.226. The number of nitrogens with zero attached hydrogens (tertiary/aromatic N) is 1. The Balaban J connectivity index is 2.03. The van der Waals surface area contributed by atoms with Gasteiger partial charge in [-0.2, -0.15) is 0 Å². The number of aryl methyl sites for hydroxylation is 2. The minimum Gasteiger partial charge on any atom is -0.358 e. The lowest BCUT2D eigenvalue weighted by atomic mass is 10.0. The van der Waals surface area contributed by atoms with E-state index in [1.807, 2.05) is 0 Å². The summed E-state index contributed by atoms with van der Waals surface area (Å²) in [6.07, 6.45) is 1.16. The number of nitrogens with one attached hydrogen (secondary N) is 1. The highest BCUT2D eigenvalue weighted by atomic mass is 15.1. The maximum absolute atomic E-state index is 3.66. The number of hydrogen-bond acceptors (Lipinski definition) is 1. The van der Waals surface area contributed by atoms with Crippen molar-refractivity contribution in [1.29, 1.82) is 0 Å². The van der Waals surface area contributed by atoms with Crippen LogP contribution in [0.25, 0.3) is 10.9 Å². The molecule has 0 fully saturated rings. The summed E-state index contributed by atoms with van der Waals surface area (Å²) in [5.41, 5.74) is 7.09. The normalized spacial score (nSPS) is 16.3. The average Bonchev–Trinajstić information content (AvgIpc) is 2.67. The third-order valence-corrected chi connectivity index (χ3v) is 4.13. The standard InChI is InChI=1S/C17H24N2/c1-11(2)9-19-6-5-16-15(10-19)14-8-12(3)7-13(4)17(14)18-16/h7-8,11,18H,5-6,9-10H2,1-4H3. The van der Waals surface area contributed by atoms with Crippen molar-refractivity contribution in [3.8, 4) is 0 Å². The minimum atomic E-state index is 0.746. The van der Waals surface area contributed by atoms with E-state index in [0.29, 0.717) is 0 Å². The molecule has 2 heterocycles. The van der Waals surface area contributed by atoms with Gasteiger partial charge >= 0.3 is 0 Å². The van der Waals surface area contributed by atoms with Gasteiger partial charge in [0.2, 0.25) is 0 Å². The van der Waals surface area contributed by atoms with Crippen molar-refractivity contribution in [1.82, 2.24) is 9.88 Å². The summed E-state index contributed by atoms with van der Waals surface area (Å²) in [6, 6.07) is 4.62. The molecular weight excluding hydrogens is 232 g/mol. The largest absolute Gasteiger partial charge is 0.358 e. The monoisotopic (exact) mass is 256 g/mol. The summed E-state index contributed by atoms with van der Waals surface area (Å²) < 4.78 is 0. The lowest BCUT2D eigenvalue weighted by Gasteiger charge is -2.28. The number of rotatable bonds is 2. The molecule has 2 heteroatoms. The fraction of sp³-hybridized carbons (Fsp3) is 0.529. The second kappa shape index (κ2) is 4.68. The molecule has 3 rings (SSSR count). The number of H-pyrrole nitrogens is 1. The second-order valence-electron chi connectivity index (χ2n) is 6.47. The molecule has 0 bridgehead atoms. The van der Waals surface area contributed by atoms with Gasteiger partial charge in [0.1, 0.15) is 0 Å². The predicted molar refractivity (Wildman–Crippen MR) is 81.6 cm³/mol. The third-order valence-electron chi connectivity index (χ3n) is 4.13. The van der Waals surface area contributed by atoms with Gasteiger partial charge in [0.25, 0.3) is 0 Å². The zero-order valence-electron chi connectivity index (χ0n) is 12.5.